The second-order valence-corrected chi connectivity index (χ2v) is 4.26. The van der Waals surface area contributed by atoms with Crippen molar-refractivity contribution in [3.8, 4) is 0 Å². The summed E-state index contributed by atoms with van der Waals surface area (Å²) in [6.07, 6.45) is 5.54. The minimum atomic E-state index is 0.207. The Balaban J connectivity index is 2.09. The lowest BCUT2D eigenvalue weighted by Gasteiger charge is -2.39. The molecule has 0 aromatic heterocycles. The monoisotopic (exact) mass is 182 g/mol. The van der Waals surface area contributed by atoms with Crippen LogP contribution in [0.5, 0.6) is 0 Å². The van der Waals surface area contributed by atoms with Crippen LogP contribution in [0.3, 0.4) is 0 Å². The fourth-order valence-electron chi connectivity index (χ4n) is 2.77. The van der Waals surface area contributed by atoms with Crippen LogP contribution in [0.15, 0.2) is 0 Å². The van der Waals surface area contributed by atoms with E-state index in [9.17, 15) is 4.79 Å². The van der Waals surface area contributed by atoms with Crippen LogP contribution in [-0.4, -0.2) is 18.5 Å². The summed E-state index contributed by atoms with van der Waals surface area (Å²) in [6, 6.07) is 0. The third-order valence-electron chi connectivity index (χ3n) is 3.51. The first-order chi connectivity index (χ1) is 6.33. The maximum atomic E-state index is 11.6. The quantitative estimate of drug-likeness (QED) is 0.621. The zero-order valence-electron chi connectivity index (χ0n) is 8.29. The van der Waals surface area contributed by atoms with Crippen molar-refractivity contribution < 1.29 is 9.53 Å². The summed E-state index contributed by atoms with van der Waals surface area (Å²) >= 11 is 0. The van der Waals surface area contributed by atoms with Gasteiger partial charge in [-0.25, -0.2) is 0 Å². The van der Waals surface area contributed by atoms with Gasteiger partial charge < -0.3 is 4.74 Å². The van der Waals surface area contributed by atoms with E-state index >= 15 is 0 Å². The highest BCUT2D eigenvalue weighted by Crippen LogP contribution is 2.36. The molecule has 0 spiro atoms. The third kappa shape index (κ3) is 1.64. The Labute approximate surface area is 79.7 Å². The van der Waals surface area contributed by atoms with Crippen molar-refractivity contribution in [2.24, 2.45) is 11.8 Å². The molecule has 13 heavy (non-hydrogen) atoms. The van der Waals surface area contributed by atoms with E-state index < -0.39 is 0 Å². The number of rotatable bonds is 1. The van der Waals surface area contributed by atoms with Gasteiger partial charge >= 0.3 is 0 Å². The van der Waals surface area contributed by atoms with Crippen molar-refractivity contribution in [3.05, 3.63) is 0 Å². The van der Waals surface area contributed by atoms with Crippen molar-refractivity contribution in [1.29, 1.82) is 0 Å². The first-order valence-corrected chi connectivity index (χ1v) is 5.47. The fourth-order valence-corrected chi connectivity index (χ4v) is 2.77. The number of carbonyl (C=O) groups is 1. The number of carbonyl (C=O) groups excluding carboxylic acids is 1. The zero-order chi connectivity index (χ0) is 9.26. The fraction of sp³-hybridized carbons (Fsp3) is 0.909. The summed E-state index contributed by atoms with van der Waals surface area (Å²) in [5.41, 5.74) is 0. The average molecular weight is 182 g/mol. The van der Waals surface area contributed by atoms with Crippen molar-refractivity contribution in [2.75, 3.05) is 6.61 Å². The largest absolute Gasteiger partial charge is 0.377 e. The summed E-state index contributed by atoms with van der Waals surface area (Å²) in [5.74, 6) is 1.32. The standard InChI is InChI=1S/C11H18O2/c1-2-9-10(12)6-5-8-4-3-7-13-11(8)9/h8-9,11H,2-7H2,1H3/t8-,9?,11+/m1/s1. The molecule has 2 heteroatoms. The smallest absolute Gasteiger partial charge is 0.138 e. The molecular weight excluding hydrogens is 164 g/mol. The predicted octanol–water partition coefficient (Wildman–Crippen LogP) is 2.17. The number of ketones is 1. The number of ether oxygens (including phenoxy) is 1. The summed E-state index contributed by atoms with van der Waals surface area (Å²) in [5, 5.41) is 0. The van der Waals surface area contributed by atoms with Gasteiger partial charge in [0.15, 0.2) is 0 Å². The maximum absolute atomic E-state index is 11.6. The van der Waals surface area contributed by atoms with Gasteiger partial charge in [-0.3, -0.25) is 4.79 Å². The van der Waals surface area contributed by atoms with E-state index in [1.165, 1.54) is 12.8 Å². The van der Waals surface area contributed by atoms with Gasteiger partial charge in [0.25, 0.3) is 0 Å². The molecule has 3 atom stereocenters. The molecule has 0 aromatic carbocycles. The van der Waals surface area contributed by atoms with Gasteiger partial charge in [0.1, 0.15) is 5.78 Å². The second kappa shape index (κ2) is 3.79. The van der Waals surface area contributed by atoms with E-state index in [0.29, 0.717) is 11.7 Å². The molecule has 1 saturated carbocycles. The maximum Gasteiger partial charge on any atom is 0.138 e. The van der Waals surface area contributed by atoms with Crippen LogP contribution in [0, 0.1) is 11.8 Å². The molecule has 0 N–H and O–H groups in total. The summed E-state index contributed by atoms with van der Waals surface area (Å²) < 4.78 is 5.73. The van der Waals surface area contributed by atoms with Crippen LogP contribution in [0.1, 0.15) is 39.0 Å². The average Bonchev–Trinajstić information content (AvgIpc) is 2.18. The molecule has 1 saturated heterocycles. The highest BCUT2D eigenvalue weighted by atomic mass is 16.5. The molecule has 0 bridgehead atoms. The Hall–Kier alpha value is -0.370. The first-order valence-electron chi connectivity index (χ1n) is 5.47. The van der Waals surface area contributed by atoms with Crippen LogP contribution >= 0.6 is 0 Å². The van der Waals surface area contributed by atoms with Crippen LogP contribution in [0.25, 0.3) is 0 Å². The normalized spacial score (nSPS) is 40.1. The van der Waals surface area contributed by atoms with E-state index in [-0.39, 0.29) is 12.0 Å². The minimum Gasteiger partial charge on any atom is -0.377 e. The number of hydrogen-bond donors (Lipinski definition) is 0. The Morgan fingerprint density at radius 1 is 1.46 bits per heavy atom. The molecule has 2 rings (SSSR count). The van der Waals surface area contributed by atoms with Crippen LogP contribution in [0.4, 0.5) is 0 Å². The number of Topliss-reactive ketones (excluding diaryl/α,β-unsaturated/α-hetero) is 1. The molecular formula is C11H18O2. The van der Waals surface area contributed by atoms with Crippen molar-refractivity contribution in [2.45, 2.75) is 45.1 Å². The molecule has 1 heterocycles. The Morgan fingerprint density at radius 3 is 3.08 bits per heavy atom. The predicted molar refractivity (Wildman–Crippen MR) is 50.5 cm³/mol. The van der Waals surface area contributed by atoms with Crippen LogP contribution < -0.4 is 0 Å². The highest BCUT2D eigenvalue weighted by Gasteiger charge is 2.39. The molecule has 1 aliphatic heterocycles. The SMILES string of the molecule is CCC1C(=O)CC[C@H]2CCCO[C@H]12. The molecule has 0 aromatic rings. The molecule has 0 amide bonds. The van der Waals surface area contributed by atoms with Crippen LogP contribution in [0.2, 0.25) is 0 Å². The minimum absolute atomic E-state index is 0.207. The van der Waals surface area contributed by atoms with Gasteiger partial charge in [-0.1, -0.05) is 6.92 Å². The summed E-state index contributed by atoms with van der Waals surface area (Å²) in [7, 11) is 0. The lowest BCUT2D eigenvalue weighted by Crippen LogP contribution is -2.43. The van der Waals surface area contributed by atoms with Crippen molar-refractivity contribution >= 4 is 5.78 Å². The second-order valence-electron chi connectivity index (χ2n) is 4.26. The van der Waals surface area contributed by atoms with Crippen LogP contribution in [-0.2, 0) is 9.53 Å². The van der Waals surface area contributed by atoms with Crippen molar-refractivity contribution in [1.82, 2.24) is 0 Å². The Morgan fingerprint density at radius 2 is 2.31 bits per heavy atom. The lowest BCUT2D eigenvalue weighted by molar-refractivity contribution is -0.141. The zero-order valence-corrected chi connectivity index (χ0v) is 8.29. The van der Waals surface area contributed by atoms with Gasteiger partial charge in [-0.05, 0) is 31.6 Å². The number of hydrogen-bond acceptors (Lipinski definition) is 2. The van der Waals surface area contributed by atoms with Gasteiger partial charge in [0.2, 0.25) is 0 Å². The summed E-state index contributed by atoms with van der Waals surface area (Å²) in [4.78, 5) is 11.6. The molecule has 2 nitrogen and oxygen atoms in total. The third-order valence-corrected chi connectivity index (χ3v) is 3.51. The van der Waals surface area contributed by atoms with E-state index in [0.717, 1.165) is 25.9 Å². The van der Waals surface area contributed by atoms with Gasteiger partial charge in [-0.15, -0.1) is 0 Å². The molecule has 2 fully saturated rings. The van der Waals surface area contributed by atoms with Gasteiger partial charge in [0, 0.05) is 18.9 Å². The summed E-state index contributed by atoms with van der Waals surface area (Å²) in [6.45, 7) is 2.97. The molecule has 74 valence electrons. The van der Waals surface area contributed by atoms with Gasteiger partial charge in [-0.2, -0.15) is 0 Å². The lowest BCUT2D eigenvalue weighted by atomic mass is 9.74. The molecule has 0 radical (unpaired) electrons. The van der Waals surface area contributed by atoms with Gasteiger partial charge in [0.05, 0.1) is 6.10 Å². The molecule has 2 aliphatic rings. The van der Waals surface area contributed by atoms with E-state index in [2.05, 4.69) is 6.92 Å². The van der Waals surface area contributed by atoms with E-state index in [4.69, 9.17) is 4.74 Å². The highest BCUT2D eigenvalue weighted by molar-refractivity contribution is 5.82. The molecule has 1 aliphatic carbocycles. The topological polar surface area (TPSA) is 26.3 Å². The Kier molecular flexibility index (Phi) is 2.68. The number of fused-ring (bicyclic) bond motifs is 1. The molecule has 1 unspecified atom stereocenters. The van der Waals surface area contributed by atoms with E-state index in [1.54, 1.807) is 0 Å². The van der Waals surface area contributed by atoms with E-state index in [1.807, 2.05) is 0 Å². The Bertz CT molecular complexity index is 200. The first kappa shape index (κ1) is 9.20. The van der Waals surface area contributed by atoms with Crippen molar-refractivity contribution in [3.63, 3.8) is 0 Å².